The van der Waals surface area contributed by atoms with Gasteiger partial charge in [0.25, 0.3) is 0 Å². The van der Waals surface area contributed by atoms with Crippen LogP contribution in [-0.2, 0) is 24.7 Å². The summed E-state index contributed by atoms with van der Waals surface area (Å²) in [6.07, 6.45) is 1.67. The third-order valence-corrected chi connectivity index (χ3v) is 10.2. The molecule has 1 amide bonds. The van der Waals surface area contributed by atoms with Crippen LogP contribution in [0.25, 0.3) is 10.2 Å². The molecule has 1 aliphatic heterocycles. The molecule has 2 heterocycles. The van der Waals surface area contributed by atoms with Gasteiger partial charge in [-0.25, -0.2) is 21.8 Å². The summed E-state index contributed by atoms with van der Waals surface area (Å²) in [5, 5.41) is 3.41. The number of carbonyl (C=O) groups excluding carboxylic acids is 1. The van der Waals surface area contributed by atoms with Crippen molar-refractivity contribution in [3.63, 3.8) is 0 Å². The summed E-state index contributed by atoms with van der Waals surface area (Å²) in [6.45, 7) is 4.29. The lowest BCUT2D eigenvalue weighted by Gasteiger charge is -2.30. The van der Waals surface area contributed by atoms with E-state index in [1.807, 2.05) is 26.0 Å². The zero-order valence-electron chi connectivity index (χ0n) is 18.5. The highest BCUT2D eigenvalue weighted by Gasteiger charge is 2.34. The van der Waals surface area contributed by atoms with Crippen LogP contribution >= 0.6 is 11.3 Å². The summed E-state index contributed by atoms with van der Waals surface area (Å²) >= 11 is 1.41. The number of sulfonamides is 1. The van der Waals surface area contributed by atoms with Gasteiger partial charge >= 0.3 is 0 Å². The maximum Gasteiger partial charge on any atom is 0.244 e. The number of piperidine rings is 1. The van der Waals surface area contributed by atoms with E-state index < -0.39 is 19.9 Å². The van der Waals surface area contributed by atoms with Crippen molar-refractivity contribution in [2.45, 2.75) is 36.5 Å². The van der Waals surface area contributed by atoms with E-state index in [1.165, 1.54) is 39.9 Å². The molecule has 1 aromatic heterocycles. The molecule has 176 valence electrons. The second kappa shape index (κ2) is 8.79. The van der Waals surface area contributed by atoms with E-state index in [4.69, 9.17) is 0 Å². The average Bonchev–Trinajstić information content (AvgIpc) is 3.19. The molecule has 33 heavy (non-hydrogen) atoms. The minimum absolute atomic E-state index is 0.136. The number of sulfone groups is 1. The molecule has 11 heteroatoms. The maximum absolute atomic E-state index is 13.1. The first-order valence-electron chi connectivity index (χ1n) is 10.5. The average molecular weight is 508 g/mol. The van der Waals surface area contributed by atoms with Crippen molar-refractivity contribution in [1.29, 1.82) is 0 Å². The van der Waals surface area contributed by atoms with E-state index in [0.717, 1.165) is 27.6 Å². The van der Waals surface area contributed by atoms with E-state index in [2.05, 4.69) is 10.3 Å². The fourth-order valence-corrected chi connectivity index (χ4v) is 7.95. The first-order chi connectivity index (χ1) is 15.5. The van der Waals surface area contributed by atoms with Crippen molar-refractivity contribution in [2.24, 2.45) is 5.92 Å². The topological polar surface area (TPSA) is 114 Å². The minimum atomic E-state index is -4.00. The molecule has 2 aromatic carbocycles. The van der Waals surface area contributed by atoms with Gasteiger partial charge in [-0.2, -0.15) is 4.31 Å². The SMILES string of the molecule is Cc1ccc2sc(NC(=O)C3CCN(S(=O)(=O)c4ccccc4S(C)(=O)=O)CC3)nc2c1C. The van der Waals surface area contributed by atoms with Crippen LogP contribution in [0.4, 0.5) is 5.13 Å². The van der Waals surface area contributed by atoms with E-state index in [0.29, 0.717) is 18.0 Å². The summed E-state index contributed by atoms with van der Waals surface area (Å²) < 4.78 is 52.6. The number of hydrogen-bond acceptors (Lipinski definition) is 7. The van der Waals surface area contributed by atoms with Gasteiger partial charge in [-0.3, -0.25) is 4.79 Å². The minimum Gasteiger partial charge on any atom is -0.302 e. The highest BCUT2D eigenvalue weighted by molar-refractivity contribution is 7.93. The molecule has 0 radical (unpaired) electrons. The number of thiazole rings is 1. The fraction of sp³-hybridized carbons (Fsp3) is 0.364. The molecule has 0 saturated carbocycles. The molecule has 0 unspecified atom stereocenters. The summed E-state index contributed by atoms with van der Waals surface area (Å²) in [7, 11) is -7.70. The number of benzene rings is 2. The Balaban J connectivity index is 1.46. The number of fused-ring (bicyclic) bond motifs is 1. The van der Waals surface area contributed by atoms with Crippen LogP contribution in [0, 0.1) is 19.8 Å². The highest BCUT2D eigenvalue weighted by atomic mass is 32.2. The van der Waals surface area contributed by atoms with Gasteiger partial charge < -0.3 is 5.32 Å². The second-order valence-corrected chi connectivity index (χ2v) is 13.2. The fourth-order valence-electron chi connectivity index (χ4n) is 3.95. The zero-order valence-corrected chi connectivity index (χ0v) is 21.0. The lowest BCUT2D eigenvalue weighted by molar-refractivity contribution is -0.120. The third-order valence-electron chi connectivity index (χ3n) is 6.01. The molecule has 0 spiro atoms. The van der Waals surface area contributed by atoms with Gasteiger partial charge in [-0.1, -0.05) is 29.5 Å². The number of hydrogen-bond donors (Lipinski definition) is 1. The van der Waals surface area contributed by atoms with Crippen LogP contribution in [0.5, 0.6) is 0 Å². The molecule has 0 bridgehead atoms. The molecule has 1 N–H and O–H groups in total. The lowest BCUT2D eigenvalue weighted by Crippen LogP contribution is -2.41. The number of nitrogens with zero attached hydrogens (tertiary/aromatic N) is 2. The summed E-state index contributed by atoms with van der Waals surface area (Å²) in [5.41, 5.74) is 3.09. The van der Waals surface area contributed by atoms with Crippen molar-refractivity contribution in [3.05, 3.63) is 47.5 Å². The maximum atomic E-state index is 13.1. The van der Waals surface area contributed by atoms with E-state index >= 15 is 0 Å². The van der Waals surface area contributed by atoms with Crippen LogP contribution in [-0.4, -0.2) is 51.4 Å². The van der Waals surface area contributed by atoms with Gasteiger partial charge in [-0.15, -0.1) is 0 Å². The van der Waals surface area contributed by atoms with E-state index in [-0.39, 0.29) is 34.7 Å². The van der Waals surface area contributed by atoms with Gasteiger partial charge in [0.2, 0.25) is 15.9 Å². The molecule has 8 nitrogen and oxygen atoms in total. The Hall–Kier alpha value is -2.34. The monoisotopic (exact) mass is 507 g/mol. The number of amides is 1. The Kier molecular flexibility index (Phi) is 6.34. The van der Waals surface area contributed by atoms with Gasteiger partial charge in [0.05, 0.1) is 15.1 Å². The van der Waals surface area contributed by atoms with Crippen LogP contribution in [0.3, 0.4) is 0 Å². The number of rotatable bonds is 5. The normalized spacial score (nSPS) is 16.2. The van der Waals surface area contributed by atoms with Crippen LogP contribution in [0.1, 0.15) is 24.0 Å². The van der Waals surface area contributed by atoms with Crippen molar-refractivity contribution < 1.29 is 21.6 Å². The number of aromatic nitrogens is 1. The second-order valence-electron chi connectivity index (χ2n) is 8.26. The Labute approximate surface area is 197 Å². The highest BCUT2D eigenvalue weighted by Crippen LogP contribution is 2.31. The number of nitrogens with one attached hydrogen (secondary N) is 1. The molecule has 1 fully saturated rings. The van der Waals surface area contributed by atoms with Crippen LogP contribution < -0.4 is 5.32 Å². The Bertz CT molecular complexity index is 1440. The quantitative estimate of drug-likeness (QED) is 0.567. The largest absolute Gasteiger partial charge is 0.302 e. The molecule has 4 rings (SSSR count). The lowest BCUT2D eigenvalue weighted by atomic mass is 9.97. The Morgan fingerprint density at radius 1 is 1.03 bits per heavy atom. The van der Waals surface area contributed by atoms with Crippen LogP contribution in [0.2, 0.25) is 0 Å². The molecule has 0 atom stereocenters. The van der Waals surface area contributed by atoms with Crippen LogP contribution in [0.15, 0.2) is 46.2 Å². The summed E-state index contributed by atoms with van der Waals surface area (Å²) in [5.74, 6) is -0.534. The summed E-state index contributed by atoms with van der Waals surface area (Å²) in [4.78, 5) is 16.9. The van der Waals surface area contributed by atoms with Gasteiger partial charge in [0.15, 0.2) is 15.0 Å². The van der Waals surface area contributed by atoms with E-state index in [9.17, 15) is 21.6 Å². The summed E-state index contributed by atoms with van der Waals surface area (Å²) in [6, 6.07) is 9.62. The first kappa shape index (κ1) is 23.8. The molecule has 1 aliphatic rings. The van der Waals surface area contributed by atoms with Gasteiger partial charge in [0.1, 0.15) is 4.90 Å². The standard InChI is InChI=1S/C22H25N3O5S3/c1-14-8-9-17-20(15(14)2)23-22(31-17)24-21(26)16-10-12-25(13-11-16)33(29,30)19-7-5-4-6-18(19)32(3,27)28/h4-9,16H,10-13H2,1-3H3,(H,23,24,26). The van der Waals surface area contributed by atoms with Crippen molar-refractivity contribution in [1.82, 2.24) is 9.29 Å². The molecular weight excluding hydrogens is 482 g/mol. The van der Waals surface area contributed by atoms with Crippen molar-refractivity contribution in [3.8, 4) is 0 Å². The van der Waals surface area contributed by atoms with Gasteiger partial charge in [0, 0.05) is 25.3 Å². The molecular formula is C22H25N3O5S3. The predicted octanol–water partition coefficient (Wildman–Crippen LogP) is 3.36. The number of aryl methyl sites for hydroxylation is 2. The predicted molar refractivity (Wildman–Crippen MR) is 129 cm³/mol. The molecule has 0 aliphatic carbocycles. The molecule has 1 saturated heterocycles. The van der Waals surface area contributed by atoms with Crippen molar-refractivity contribution >= 4 is 52.5 Å². The first-order valence-corrected chi connectivity index (χ1v) is 14.6. The van der Waals surface area contributed by atoms with Crippen molar-refractivity contribution in [2.75, 3.05) is 24.7 Å². The smallest absolute Gasteiger partial charge is 0.244 e. The zero-order chi connectivity index (χ0) is 24.0. The Morgan fingerprint density at radius 2 is 1.67 bits per heavy atom. The third kappa shape index (κ3) is 4.68. The molecule has 3 aromatic rings. The number of anilines is 1. The van der Waals surface area contributed by atoms with E-state index in [1.54, 1.807) is 0 Å². The van der Waals surface area contributed by atoms with Gasteiger partial charge in [-0.05, 0) is 56.0 Å². The number of carbonyl (C=O) groups is 1. The Morgan fingerprint density at radius 3 is 2.30 bits per heavy atom.